The molecule has 3 amide bonds. The first-order valence-corrected chi connectivity index (χ1v) is 31.4. The molecule has 5 atom stereocenters. The third-order valence-electron chi connectivity index (χ3n) is 17.1. The average molecular weight is 1190 g/mol. The van der Waals surface area contributed by atoms with Gasteiger partial charge in [-0.3, -0.25) is 19.4 Å². The lowest BCUT2D eigenvalue weighted by atomic mass is 9.83. The molecule has 460 valence electrons. The van der Waals surface area contributed by atoms with Crippen molar-refractivity contribution in [1.82, 2.24) is 50.7 Å². The number of ether oxygens (including phenoxy) is 5. The minimum absolute atomic E-state index is 0.00948. The highest BCUT2D eigenvalue weighted by atomic mass is 16.5. The van der Waals surface area contributed by atoms with E-state index in [1.807, 2.05) is 67.0 Å². The van der Waals surface area contributed by atoms with E-state index in [-0.39, 0.29) is 54.8 Å². The molecule has 6 N–H and O–H groups in total. The zero-order valence-electron chi connectivity index (χ0n) is 50.4. The number of anilines is 2. The minimum Gasteiger partial charge on any atom is -0.491 e. The smallest absolute Gasteiger partial charge is 0.322 e. The van der Waals surface area contributed by atoms with E-state index in [1.54, 1.807) is 16.5 Å². The molecule has 20 heteroatoms. The van der Waals surface area contributed by atoms with Crippen LogP contribution < -0.4 is 46.1 Å². The Morgan fingerprint density at radius 3 is 2.46 bits per heavy atom. The van der Waals surface area contributed by atoms with Gasteiger partial charge in [-0.1, -0.05) is 93.8 Å². The highest BCUT2D eigenvalue weighted by Gasteiger charge is 2.45. The Labute approximate surface area is 509 Å². The lowest BCUT2D eigenvalue weighted by Crippen LogP contribution is -2.57. The summed E-state index contributed by atoms with van der Waals surface area (Å²) in [7, 11) is 1.71. The number of piperidine rings is 1. The van der Waals surface area contributed by atoms with Crippen molar-refractivity contribution in [2.24, 2.45) is 5.92 Å². The normalized spacial score (nSPS) is 19.1. The lowest BCUT2D eigenvalue weighted by molar-refractivity contribution is -0.143. The predicted octanol–water partition coefficient (Wildman–Crippen LogP) is 8.56. The summed E-state index contributed by atoms with van der Waals surface area (Å²) in [6, 6.07) is 31.0. The summed E-state index contributed by atoms with van der Waals surface area (Å²) in [6.07, 6.45) is 13.1. The molecule has 20 nitrogen and oxygen atoms in total. The third kappa shape index (κ3) is 15.4. The molecule has 3 fully saturated rings. The zero-order chi connectivity index (χ0) is 59.9. The number of carbonyl (C=O) groups is 3. The number of likely N-dealkylation sites (tertiary alicyclic amines) is 1. The standard InChI is InChI=1S/C67H84N12O8/c1-44(2)57-41-73-79-63(57)76-67(87-52-21-13-28-69-40-52)77-66(79)72-39-48-17-8-10-23-55(48)62-56-26-25-49(36-47(56)27-29-71-62)70-30-31-83-32-33-84-34-35-85-50-19-12-20-51(37-50)86-53-38-59(64(81)74-58-24-11-18-45-14-7-9-22-54(45)58)78(43-53)65(82)61(75-60(80)42-68-3)46-15-5-4-6-16-46/h7-10,12,14,17,19-20,22-23,25-27,29,36-37,41,44,46,52-53,58-59,61,68-70H,4-6,11,13,15-16,18,21,24,28,30-35,38-40,42-43H2,1-3H3,(H,74,81)(H,75,80)(H,72,76,77)/t52-,53+,58-,59+,61+/m1/s1. The quantitative estimate of drug-likeness (QED) is 0.0265. The molecule has 2 saturated heterocycles. The van der Waals surface area contributed by atoms with Gasteiger partial charge in [-0.05, 0) is 123 Å². The molecule has 87 heavy (non-hydrogen) atoms. The third-order valence-corrected chi connectivity index (χ3v) is 17.1. The molecule has 5 heterocycles. The number of carbonyl (C=O) groups excluding carboxylic acids is 3. The van der Waals surface area contributed by atoms with Crippen molar-refractivity contribution >= 4 is 45.8 Å². The summed E-state index contributed by atoms with van der Waals surface area (Å²) in [4.78, 5) is 58.4. The first kappa shape index (κ1) is 60.8. The van der Waals surface area contributed by atoms with E-state index < -0.39 is 18.2 Å². The zero-order valence-corrected chi connectivity index (χ0v) is 50.4. The topological polar surface area (TPSA) is 229 Å². The van der Waals surface area contributed by atoms with Crippen LogP contribution in [0.1, 0.15) is 112 Å². The molecule has 1 saturated carbocycles. The second-order valence-electron chi connectivity index (χ2n) is 23.6. The Bertz CT molecular complexity index is 3440. The molecule has 0 spiro atoms. The van der Waals surface area contributed by atoms with Crippen molar-refractivity contribution in [2.45, 2.75) is 127 Å². The van der Waals surface area contributed by atoms with Gasteiger partial charge >= 0.3 is 6.01 Å². The van der Waals surface area contributed by atoms with E-state index in [1.165, 1.54) is 5.56 Å². The van der Waals surface area contributed by atoms with E-state index in [9.17, 15) is 14.4 Å². The number of amides is 3. The molecule has 7 aromatic rings. The number of fused-ring (bicyclic) bond motifs is 3. The second-order valence-corrected chi connectivity index (χ2v) is 23.6. The summed E-state index contributed by atoms with van der Waals surface area (Å²) in [6.45, 7) is 9.44. The van der Waals surface area contributed by atoms with Gasteiger partial charge in [-0.15, -0.1) is 0 Å². The van der Waals surface area contributed by atoms with E-state index in [2.05, 4.69) is 93.3 Å². The molecular weight excluding hydrogens is 1100 g/mol. The van der Waals surface area contributed by atoms with Crippen LogP contribution in [0, 0.1) is 5.92 Å². The first-order chi connectivity index (χ1) is 42.6. The Hall–Kier alpha value is -7.91. The maximum Gasteiger partial charge on any atom is 0.322 e. The van der Waals surface area contributed by atoms with Crippen LogP contribution in [-0.4, -0.2) is 144 Å². The van der Waals surface area contributed by atoms with Gasteiger partial charge in [-0.2, -0.15) is 19.6 Å². The van der Waals surface area contributed by atoms with E-state index in [0.717, 1.165) is 127 Å². The monoisotopic (exact) mass is 1180 g/mol. The molecular formula is C67H84N12O8. The fourth-order valence-electron chi connectivity index (χ4n) is 12.7. The number of pyridine rings is 1. The Morgan fingerprint density at radius 2 is 1.61 bits per heavy atom. The number of hydrogen-bond donors (Lipinski definition) is 6. The van der Waals surface area contributed by atoms with Crippen molar-refractivity contribution in [2.75, 3.05) is 83.4 Å². The fourth-order valence-corrected chi connectivity index (χ4v) is 12.7. The first-order valence-electron chi connectivity index (χ1n) is 31.4. The fraction of sp³-hybridized carbons (Fsp3) is 0.478. The van der Waals surface area contributed by atoms with Crippen LogP contribution in [0.2, 0.25) is 0 Å². The van der Waals surface area contributed by atoms with E-state index in [4.69, 9.17) is 38.6 Å². The Morgan fingerprint density at radius 1 is 0.782 bits per heavy atom. The number of nitrogens with one attached hydrogen (secondary N) is 6. The molecule has 11 rings (SSSR count). The van der Waals surface area contributed by atoms with Gasteiger partial charge in [-0.25, -0.2) is 0 Å². The molecule has 0 bridgehead atoms. The van der Waals surface area contributed by atoms with Gasteiger partial charge in [0.2, 0.25) is 23.7 Å². The number of benzene rings is 4. The minimum atomic E-state index is -0.768. The van der Waals surface area contributed by atoms with Gasteiger partial charge in [0.05, 0.1) is 57.4 Å². The molecule has 4 aliphatic rings. The van der Waals surface area contributed by atoms with E-state index in [0.29, 0.717) is 76.0 Å². The van der Waals surface area contributed by atoms with Crippen molar-refractivity contribution in [3.8, 4) is 28.8 Å². The summed E-state index contributed by atoms with van der Waals surface area (Å²) in [5.74, 6) is 1.29. The van der Waals surface area contributed by atoms with Crippen LogP contribution in [-0.2, 0) is 36.8 Å². The molecule has 2 aliphatic carbocycles. The molecule has 3 aromatic heterocycles. The van der Waals surface area contributed by atoms with Crippen LogP contribution in [0.25, 0.3) is 27.7 Å². The number of rotatable bonds is 27. The summed E-state index contributed by atoms with van der Waals surface area (Å²) < 4.78 is 32.5. The summed E-state index contributed by atoms with van der Waals surface area (Å²) in [5.41, 5.74) is 8.09. The highest BCUT2D eigenvalue weighted by Crippen LogP contribution is 2.35. The van der Waals surface area contributed by atoms with Gasteiger partial charge in [0.15, 0.2) is 5.65 Å². The number of nitrogens with zero attached hydrogens (tertiary/aromatic N) is 6. The summed E-state index contributed by atoms with van der Waals surface area (Å²) >= 11 is 0. The van der Waals surface area contributed by atoms with Crippen LogP contribution in [0.3, 0.4) is 0 Å². The van der Waals surface area contributed by atoms with Crippen LogP contribution in [0.5, 0.6) is 17.5 Å². The maximum atomic E-state index is 14.7. The highest BCUT2D eigenvalue weighted by molar-refractivity contribution is 5.97. The van der Waals surface area contributed by atoms with Gasteiger partial charge < -0.3 is 60.5 Å². The average Bonchev–Trinajstić information content (AvgIpc) is 2.39. The number of likely N-dealkylation sites (N-methyl/N-ethyl adjacent to an activating group) is 1. The molecule has 2 aliphatic heterocycles. The predicted molar refractivity (Wildman–Crippen MR) is 335 cm³/mol. The van der Waals surface area contributed by atoms with Crippen molar-refractivity contribution in [1.29, 1.82) is 0 Å². The Kier molecular flexibility index (Phi) is 20.7. The van der Waals surface area contributed by atoms with Crippen molar-refractivity contribution in [3.05, 3.63) is 132 Å². The maximum absolute atomic E-state index is 14.7. The Balaban J connectivity index is 0.635. The second kappa shape index (κ2) is 29.7. The molecule has 0 unspecified atom stereocenters. The van der Waals surface area contributed by atoms with Crippen LogP contribution in [0.15, 0.2) is 109 Å². The number of aryl methyl sites for hydroxylation is 1. The van der Waals surface area contributed by atoms with Crippen molar-refractivity contribution in [3.63, 3.8) is 0 Å². The van der Waals surface area contributed by atoms with Crippen LogP contribution in [0.4, 0.5) is 11.6 Å². The summed E-state index contributed by atoms with van der Waals surface area (Å²) in [5, 5.41) is 26.5. The van der Waals surface area contributed by atoms with Gasteiger partial charge in [0, 0.05) is 60.5 Å². The molecule has 4 aromatic carbocycles. The molecule has 0 radical (unpaired) electrons. The largest absolute Gasteiger partial charge is 0.491 e. The SMILES string of the molecule is CNCC(=O)N[C@H](C(=O)N1C[C@@H](Oc2cccc(OCCOCCOCCNc3ccc4c(-c5ccccc5CNc5nc(O[C@@H]6CCCNC6)nc6c(C(C)C)cnn56)nccc4c3)c2)C[C@H]1C(=O)N[C@@H]1CCCc2ccccc21)C1CCCCC1. The number of hydrogen-bond acceptors (Lipinski definition) is 16. The number of aromatic nitrogens is 5. The van der Waals surface area contributed by atoms with Crippen molar-refractivity contribution < 1.29 is 38.1 Å². The van der Waals surface area contributed by atoms with Crippen LogP contribution >= 0.6 is 0 Å². The lowest BCUT2D eigenvalue weighted by Gasteiger charge is -2.35. The van der Waals surface area contributed by atoms with Gasteiger partial charge in [0.25, 0.3) is 0 Å². The van der Waals surface area contributed by atoms with E-state index >= 15 is 0 Å². The van der Waals surface area contributed by atoms with Gasteiger partial charge in [0.1, 0.15) is 42.4 Å².